The molecule has 5 atom stereocenters. The summed E-state index contributed by atoms with van der Waals surface area (Å²) in [6, 6.07) is 28.9. The molecule has 0 spiro atoms. The Morgan fingerprint density at radius 2 is 1.25 bits per heavy atom. The largest absolute Gasteiger partial charge is 0.461 e. The second-order valence-corrected chi connectivity index (χ2v) is 12.5. The van der Waals surface area contributed by atoms with E-state index in [0.717, 1.165) is 0 Å². The molecule has 0 saturated carbocycles. The van der Waals surface area contributed by atoms with Gasteiger partial charge < -0.3 is 28.1 Å². The Morgan fingerprint density at radius 1 is 0.712 bits per heavy atom. The molecule has 0 amide bonds. The smallest absolute Gasteiger partial charge is 0.397 e. The lowest BCUT2D eigenvalue weighted by Gasteiger charge is -2.43. The van der Waals surface area contributed by atoms with Crippen molar-refractivity contribution in [3.8, 4) is 5.75 Å². The first-order valence-corrected chi connectivity index (χ1v) is 17.1. The minimum Gasteiger partial charge on any atom is -0.461 e. The summed E-state index contributed by atoms with van der Waals surface area (Å²) in [5.74, 6) is -2.76. The molecule has 268 valence electrons. The van der Waals surface area contributed by atoms with Crippen molar-refractivity contribution in [3.05, 3.63) is 148 Å². The minimum absolute atomic E-state index is 0.0225. The molecule has 0 unspecified atom stereocenters. The highest BCUT2D eigenvalue weighted by atomic mass is 32.3. The number of esters is 3. The highest BCUT2D eigenvalue weighted by Gasteiger charge is 2.54. The van der Waals surface area contributed by atoms with Gasteiger partial charge in [-0.3, -0.25) is 4.55 Å². The van der Waals surface area contributed by atoms with Gasteiger partial charge in [-0.1, -0.05) is 54.6 Å². The summed E-state index contributed by atoms with van der Waals surface area (Å²) in [5.41, 5.74) is 0.377. The van der Waals surface area contributed by atoms with Gasteiger partial charge in [0.05, 0.1) is 16.7 Å². The molecule has 0 bridgehead atoms. The van der Waals surface area contributed by atoms with Crippen molar-refractivity contribution in [1.82, 2.24) is 0 Å². The van der Waals surface area contributed by atoms with E-state index in [1.165, 1.54) is 54.6 Å². The first-order chi connectivity index (χ1) is 24.9. The molecule has 52 heavy (non-hydrogen) atoms. The highest BCUT2D eigenvalue weighted by molar-refractivity contribution is 7.80. The van der Waals surface area contributed by atoms with E-state index >= 15 is 0 Å². The second-order valence-electron chi connectivity index (χ2n) is 11.5. The number of hydrogen-bond donors (Lipinski definition) is 1. The van der Waals surface area contributed by atoms with Crippen LogP contribution >= 0.6 is 0 Å². The number of aryl methyl sites for hydroxylation is 1. The van der Waals surface area contributed by atoms with Gasteiger partial charge in [0.1, 0.15) is 30.1 Å². The predicted molar refractivity (Wildman–Crippen MR) is 181 cm³/mol. The minimum atomic E-state index is -5.33. The van der Waals surface area contributed by atoms with Gasteiger partial charge >= 0.3 is 33.9 Å². The first kappa shape index (κ1) is 35.9. The molecule has 1 fully saturated rings. The second kappa shape index (κ2) is 15.6. The summed E-state index contributed by atoms with van der Waals surface area (Å²) in [6.45, 7) is 0.990. The van der Waals surface area contributed by atoms with Gasteiger partial charge in [0.15, 0.2) is 6.10 Å². The molecule has 0 radical (unpaired) electrons. The number of ether oxygens (including phenoxy) is 5. The molecular formula is C37H30O14S. The number of hydrogen-bond acceptors (Lipinski definition) is 13. The number of fused-ring (bicyclic) bond motifs is 1. The van der Waals surface area contributed by atoms with E-state index in [1.54, 1.807) is 67.6 Å². The molecule has 15 heteroatoms. The maximum Gasteiger partial charge on any atom is 0.397 e. The number of rotatable bonds is 11. The van der Waals surface area contributed by atoms with Gasteiger partial charge in [-0.2, -0.15) is 8.42 Å². The fourth-order valence-corrected chi connectivity index (χ4v) is 6.00. The van der Waals surface area contributed by atoms with Crippen LogP contribution in [0.2, 0.25) is 0 Å². The molecule has 1 saturated heterocycles. The van der Waals surface area contributed by atoms with Crippen LogP contribution in [-0.4, -0.2) is 68.2 Å². The quantitative estimate of drug-likeness (QED) is 0.0851. The third-order valence-corrected chi connectivity index (χ3v) is 8.36. The molecule has 1 aliphatic rings. The van der Waals surface area contributed by atoms with Crippen LogP contribution in [0.1, 0.15) is 36.6 Å². The van der Waals surface area contributed by atoms with Crippen molar-refractivity contribution < 1.29 is 59.6 Å². The van der Waals surface area contributed by atoms with Gasteiger partial charge in [0, 0.05) is 17.5 Å². The standard InChI is InChI=1S/C37H30O14S/c1-22-19-30(38)47-28-20-26(17-18-27(22)28)46-37-33(50-36(41)25-15-9-4-10-16-25)32(49-35(40)24-13-7-3-8-14-24)31(51-52(42,43)44)29(48-37)21-45-34(39)23-11-5-2-6-12-23/h2-20,29,31-33,37H,21H2,1H3,(H,42,43,44)/t29-,31+,32+,33-,37-/m0/s1. The summed E-state index contributed by atoms with van der Waals surface area (Å²) in [6.07, 6.45) is -9.02. The van der Waals surface area contributed by atoms with Crippen molar-refractivity contribution in [1.29, 1.82) is 0 Å². The van der Waals surface area contributed by atoms with Crippen molar-refractivity contribution in [2.45, 2.75) is 37.6 Å². The Kier molecular flexibility index (Phi) is 10.8. The van der Waals surface area contributed by atoms with E-state index in [1.807, 2.05) is 0 Å². The first-order valence-electron chi connectivity index (χ1n) is 15.7. The third kappa shape index (κ3) is 8.70. The Labute approximate surface area is 296 Å². The normalized spacial score (nSPS) is 20.1. The molecular weight excluding hydrogens is 700 g/mol. The molecule has 6 rings (SSSR count). The average molecular weight is 731 g/mol. The van der Waals surface area contributed by atoms with E-state index in [2.05, 4.69) is 0 Å². The van der Waals surface area contributed by atoms with Crippen molar-refractivity contribution in [2.75, 3.05) is 6.61 Å². The summed E-state index contributed by atoms with van der Waals surface area (Å²) < 4.78 is 74.1. The van der Waals surface area contributed by atoms with Crippen LogP contribution in [0.5, 0.6) is 5.75 Å². The fourth-order valence-electron chi connectivity index (χ4n) is 5.48. The average Bonchev–Trinajstić information content (AvgIpc) is 3.13. The summed E-state index contributed by atoms with van der Waals surface area (Å²) in [7, 11) is -5.33. The van der Waals surface area contributed by atoms with Crippen LogP contribution < -0.4 is 10.4 Å². The zero-order valence-electron chi connectivity index (χ0n) is 27.2. The topological polar surface area (TPSA) is 191 Å². The molecule has 1 N–H and O–H groups in total. The van der Waals surface area contributed by atoms with Crippen molar-refractivity contribution in [2.24, 2.45) is 0 Å². The Bertz CT molecular complexity index is 2220. The zero-order chi connectivity index (χ0) is 36.8. The van der Waals surface area contributed by atoms with Crippen molar-refractivity contribution in [3.63, 3.8) is 0 Å². The summed E-state index contributed by atoms with van der Waals surface area (Å²) in [5, 5.41) is 0.588. The highest BCUT2D eigenvalue weighted by Crippen LogP contribution is 2.33. The van der Waals surface area contributed by atoms with E-state index in [4.69, 9.17) is 32.3 Å². The molecule has 1 aliphatic heterocycles. The van der Waals surface area contributed by atoms with E-state index in [9.17, 15) is 32.1 Å². The van der Waals surface area contributed by atoms with Crippen LogP contribution in [0.3, 0.4) is 0 Å². The Morgan fingerprint density at radius 3 is 1.81 bits per heavy atom. The maximum atomic E-state index is 13.5. The monoisotopic (exact) mass is 730 g/mol. The molecule has 2 heterocycles. The van der Waals surface area contributed by atoms with Gasteiger partial charge in [0.25, 0.3) is 0 Å². The fraction of sp³-hybridized carbons (Fsp3) is 0.189. The van der Waals surface area contributed by atoms with Crippen LogP contribution in [0.25, 0.3) is 11.0 Å². The maximum absolute atomic E-state index is 13.5. The van der Waals surface area contributed by atoms with E-state index < -0.39 is 71.2 Å². The lowest BCUT2D eigenvalue weighted by atomic mass is 9.98. The van der Waals surface area contributed by atoms with Crippen LogP contribution in [-0.2, 0) is 33.5 Å². The lowest BCUT2D eigenvalue weighted by molar-refractivity contribution is -0.271. The van der Waals surface area contributed by atoms with Gasteiger partial charge in [-0.05, 0) is 61.0 Å². The molecule has 5 aromatic rings. The Hall–Kier alpha value is -5.87. The molecule has 4 aromatic carbocycles. The van der Waals surface area contributed by atoms with E-state index in [0.29, 0.717) is 10.9 Å². The lowest BCUT2D eigenvalue weighted by Crippen LogP contribution is -2.63. The summed E-state index contributed by atoms with van der Waals surface area (Å²) >= 11 is 0. The zero-order valence-corrected chi connectivity index (χ0v) is 28.0. The molecule has 1 aromatic heterocycles. The number of benzene rings is 4. The van der Waals surface area contributed by atoms with E-state index in [-0.39, 0.29) is 28.0 Å². The van der Waals surface area contributed by atoms with Crippen LogP contribution in [0.15, 0.2) is 124 Å². The van der Waals surface area contributed by atoms with Gasteiger partial charge in [0.2, 0.25) is 12.4 Å². The predicted octanol–water partition coefficient (Wildman–Crippen LogP) is 4.70. The van der Waals surface area contributed by atoms with Gasteiger partial charge in [-0.15, -0.1) is 0 Å². The number of carbonyl (C=O) groups excluding carboxylic acids is 3. The molecule has 0 aliphatic carbocycles. The summed E-state index contributed by atoms with van der Waals surface area (Å²) in [4.78, 5) is 52.1. The molecule has 14 nitrogen and oxygen atoms in total. The van der Waals surface area contributed by atoms with Gasteiger partial charge in [-0.25, -0.2) is 23.4 Å². The number of carbonyl (C=O) groups is 3. The SMILES string of the molecule is Cc1cc(=O)oc2cc(O[C@H]3O[C@@H](COC(=O)c4ccccc4)[C@@H](OS(=O)(=O)O)[C@@H](OC(=O)c4ccccc4)[C@@H]3OC(=O)c3ccccc3)ccc12. The van der Waals surface area contributed by atoms with Crippen molar-refractivity contribution >= 4 is 39.3 Å². The van der Waals surface area contributed by atoms with Crippen LogP contribution in [0, 0.1) is 6.92 Å². The Balaban J connectivity index is 1.43. The third-order valence-electron chi connectivity index (χ3n) is 7.89. The van der Waals surface area contributed by atoms with Crippen LogP contribution in [0.4, 0.5) is 0 Å².